The van der Waals surface area contributed by atoms with E-state index in [0.717, 1.165) is 22.9 Å². The van der Waals surface area contributed by atoms with Gasteiger partial charge in [0.05, 0.1) is 17.4 Å². The number of aromatic nitrogens is 1. The molecule has 2 aromatic carbocycles. The van der Waals surface area contributed by atoms with Gasteiger partial charge in [-0.15, -0.1) is 0 Å². The second-order valence-electron chi connectivity index (χ2n) is 10.3. The number of nitrogens with one attached hydrogen (secondary N) is 2. The maximum absolute atomic E-state index is 13.5. The molecule has 3 heterocycles. The molecule has 204 valence electrons. The van der Waals surface area contributed by atoms with E-state index in [0.29, 0.717) is 25.1 Å². The summed E-state index contributed by atoms with van der Waals surface area (Å²) in [7, 11) is 0. The molecular formula is C29H34N6O4. The molecule has 10 nitrogen and oxygen atoms in total. The molecule has 4 atom stereocenters. The second-order valence-corrected chi connectivity index (χ2v) is 10.3. The molecule has 2 aliphatic rings. The van der Waals surface area contributed by atoms with Crippen LogP contribution in [0.15, 0.2) is 66.9 Å². The van der Waals surface area contributed by atoms with E-state index in [4.69, 9.17) is 5.84 Å². The van der Waals surface area contributed by atoms with Crippen LogP contribution in [0.2, 0.25) is 0 Å². The number of hydrazine groups is 1. The maximum Gasteiger partial charge on any atom is 0.249 e. The van der Waals surface area contributed by atoms with Crippen LogP contribution >= 0.6 is 0 Å². The van der Waals surface area contributed by atoms with E-state index in [1.165, 1.54) is 9.91 Å². The van der Waals surface area contributed by atoms with Gasteiger partial charge in [-0.2, -0.15) is 0 Å². The average molecular weight is 531 g/mol. The van der Waals surface area contributed by atoms with E-state index in [2.05, 4.69) is 15.6 Å². The maximum atomic E-state index is 13.5. The monoisotopic (exact) mass is 530 g/mol. The lowest BCUT2D eigenvalue weighted by Crippen LogP contribution is -2.52. The Kier molecular flexibility index (Phi) is 8.16. The summed E-state index contributed by atoms with van der Waals surface area (Å²) in [5.41, 5.74) is 2.37. The van der Waals surface area contributed by atoms with Crippen molar-refractivity contribution in [3.8, 4) is 0 Å². The number of carbonyl (C=O) groups is 3. The van der Waals surface area contributed by atoms with Gasteiger partial charge in [-0.05, 0) is 49.8 Å². The first kappa shape index (κ1) is 26.7. The van der Waals surface area contributed by atoms with Crippen LogP contribution in [0, 0.1) is 0 Å². The summed E-state index contributed by atoms with van der Waals surface area (Å²) < 4.78 is 0. The highest BCUT2D eigenvalue weighted by Gasteiger charge is 2.44. The normalized spacial score (nSPS) is 22.1. The fourth-order valence-corrected chi connectivity index (χ4v) is 5.42. The number of hydrogen-bond acceptors (Lipinski definition) is 7. The van der Waals surface area contributed by atoms with Crippen LogP contribution in [0.1, 0.15) is 31.2 Å². The lowest BCUT2D eigenvalue weighted by molar-refractivity contribution is -0.140. The molecule has 0 saturated carbocycles. The molecule has 5 rings (SSSR count). The molecular weight excluding hydrogens is 496 g/mol. The summed E-state index contributed by atoms with van der Waals surface area (Å²) in [5.74, 6) is 4.96. The first-order chi connectivity index (χ1) is 18.9. The Hall–Kier alpha value is -3.86. The number of benzene rings is 2. The SMILES string of the molecule is NN1CCC[C@H]1C(=O)N1C[C@H](NC(=O)[C@H](O)CCc2ccccc2)C[C@H]1C(=O)Nc1cnc2ccccc2c1. The molecule has 0 bridgehead atoms. The number of hydrogen-bond donors (Lipinski definition) is 4. The number of nitrogens with two attached hydrogens (primary N) is 1. The summed E-state index contributed by atoms with van der Waals surface area (Å²) in [4.78, 5) is 45.6. The van der Waals surface area contributed by atoms with E-state index < -0.39 is 30.1 Å². The molecule has 3 aromatic rings. The van der Waals surface area contributed by atoms with Gasteiger partial charge in [0.2, 0.25) is 17.7 Å². The van der Waals surface area contributed by atoms with Crippen molar-refractivity contribution in [3.05, 3.63) is 72.4 Å². The Labute approximate surface area is 227 Å². The van der Waals surface area contributed by atoms with Crippen molar-refractivity contribution < 1.29 is 19.5 Å². The molecule has 2 fully saturated rings. The molecule has 3 amide bonds. The second kappa shape index (κ2) is 11.9. The smallest absolute Gasteiger partial charge is 0.249 e. The number of para-hydroxylation sites is 1. The van der Waals surface area contributed by atoms with Crippen LogP contribution in [0.4, 0.5) is 5.69 Å². The first-order valence-electron chi connectivity index (χ1n) is 13.4. The van der Waals surface area contributed by atoms with Gasteiger partial charge >= 0.3 is 0 Å². The number of nitrogens with zero attached hydrogens (tertiary/aromatic N) is 3. The molecule has 0 radical (unpaired) electrons. The number of rotatable bonds is 8. The Bertz CT molecular complexity index is 1340. The van der Waals surface area contributed by atoms with Crippen molar-refractivity contribution in [3.63, 3.8) is 0 Å². The molecule has 0 unspecified atom stereocenters. The minimum atomic E-state index is -1.19. The topological polar surface area (TPSA) is 141 Å². The Morgan fingerprint density at radius 3 is 2.62 bits per heavy atom. The van der Waals surface area contributed by atoms with E-state index >= 15 is 0 Å². The van der Waals surface area contributed by atoms with Gasteiger partial charge in [0.15, 0.2) is 0 Å². The van der Waals surface area contributed by atoms with Gasteiger partial charge < -0.3 is 20.6 Å². The third-order valence-electron chi connectivity index (χ3n) is 7.52. The largest absolute Gasteiger partial charge is 0.383 e. The zero-order valence-electron chi connectivity index (χ0n) is 21.7. The van der Waals surface area contributed by atoms with E-state index in [-0.39, 0.29) is 31.2 Å². The number of fused-ring (bicyclic) bond motifs is 1. The highest BCUT2D eigenvalue weighted by Crippen LogP contribution is 2.25. The fourth-order valence-electron chi connectivity index (χ4n) is 5.42. The number of carbonyl (C=O) groups excluding carboxylic acids is 3. The number of aryl methyl sites for hydroxylation is 1. The molecule has 0 spiro atoms. The number of likely N-dealkylation sites (tertiary alicyclic amines) is 1. The molecule has 0 aliphatic carbocycles. The van der Waals surface area contributed by atoms with Crippen LogP contribution in [-0.4, -0.2) is 75.0 Å². The van der Waals surface area contributed by atoms with Crippen molar-refractivity contribution in [2.24, 2.45) is 5.84 Å². The average Bonchev–Trinajstić information content (AvgIpc) is 3.58. The summed E-state index contributed by atoms with van der Waals surface area (Å²) in [6.45, 7) is 0.770. The Morgan fingerprint density at radius 2 is 1.85 bits per heavy atom. The van der Waals surface area contributed by atoms with E-state index in [1.807, 2.05) is 60.7 Å². The molecule has 5 N–H and O–H groups in total. The molecule has 2 saturated heterocycles. The number of aliphatic hydroxyl groups is 1. The summed E-state index contributed by atoms with van der Waals surface area (Å²) in [6, 6.07) is 17.3. The van der Waals surface area contributed by atoms with Crippen molar-refractivity contribution in [1.82, 2.24) is 20.2 Å². The highest BCUT2D eigenvalue weighted by molar-refractivity contribution is 5.99. The zero-order chi connectivity index (χ0) is 27.4. The highest BCUT2D eigenvalue weighted by atomic mass is 16.3. The third kappa shape index (κ3) is 6.25. The first-order valence-corrected chi connectivity index (χ1v) is 13.4. The molecule has 1 aromatic heterocycles. The summed E-state index contributed by atoms with van der Waals surface area (Å²) in [5, 5.41) is 18.6. The van der Waals surface area contributed by atoms with Crippen LogP contribution in [-0.2, 0) is 20.8 Å². The quantitative estimate of drug-likeness (QED) is 0.324. The predicted octanol–water partition coefficient (Wildman–Crippen LogP) is 1.59. The number of pyridine rings is 1. The zero-order valence-corrected chi connectivity index (χ0v) is 21.7. The number of amides is 3. The lowest BCUT2D eigenvalue weighted by atomic mass is 10.1. The van der Waals surface area contributed by atoms with Gasteiger partial charge in [-0.3, -0.25) is 25.2 Å². The summed E-state index contributed by atoms with van der Waals surface area (Å²) >= 11 is 0. The standard InChI is InChI=1S/C29H34N6O4/c30-35-14-6-11-24(35)29(39)34-18-22(33-28(38)26(36)13-12-19-7-2-1-3-8-19)16-25(34)27(37)32-21-15-20-9-4-5-10-23(20)31-17-21/h1-5,7-10,15,17,22,24-26,36H,6,11-14,16,18,30H2,(H,32,37)(H,33,38)/t22-,24+,25+,26-/m1/s1. The van der Waals surface area contributed by atoms with Gasteiger partial charge in [-0.1, -0.05) is 48.5 Å². The van der Waals surface area contributed by atoms with Crippen LogP contribution in [0.3, 0.4) is 0 Å². The van der Waals surface area contributed by atoms with Crippen LogP contribution < -0.4 is 16.5 Å². The van der Waals surface area contributed by atoms with Crippen molar-refractivity contribution in [1.29, 1.82) is 0 Å². The van der Waals surface area contributed by atoms with Crippen molar-refractivity contribution in [2.75, 3.05) is 18.4 Å². The predicted molar refractivity (Wildman–Crippen MR) is 147 cm³/mol. The van der Waals surface area contributed by atoms with E-state index in [1.54, 1.807) is 6.20 Å². The summed E-state index contributed by atoms with van der Waals surface area (Å²) in [6.07, 6.45) is 2.87. The van der Waals surface area contributed by atoms with Gasteiger partial charge in [0.25, 0.3) is 0 Å². The van der Waals surface area contributed by atoms with Crippen molar-refractivity contribution in [2.45, 2.75) is 56.3 Å². The van der Waals surface area contributed by atoms with Gasteiger partial charge in [-0.25, -0.2) is 5.01 Å². The van der Waals surface area contributed by atoms with Gasteiger partial charge in [0, 0.05) is 24.5 Å². The van der Waals surface area contributed by atoms with E-state index in [9.17, 15) is 19.5 Å². The Morgan fingerprint density at radius 1 is 1.08 bits per heavy atom. The Balaban J connectivity index is 1.27. The van der Waals surface area contributed by atoms with Gasteiger partial charge in [0.1, 0.15) is 18.2 Å². The minimum Gasteiger partial charge on any atom is -0.383 e. The van der Waals surface area contributed by atoms with Crippen LogP contribution in [0.25, 0.3) is 10.9 Å². The molecule has 2 aliphatic heterocycles. The lowest BCUT2D eigenvalue weighted by Gasteiger charge is -2.29. The number of anilines is 1. The van der Waals surface area contributed by atoms with Crippen LogP contribution in [0.5, 0.6) is 0 Å². The fraction of sp³-hybridized carbons (Fsp3) is 0.379. The van der Waals surface area contributed by atoms with Crippen molar-refractivity contribution >= 4 is 34.3 Å². The number of aliphatic hydroxyl groups excluding tert-OH is 1. The minimum absolute atomic E-state index is 0.161. The molecule has 10 heteroatoms. The molecule has 39 heavy (non-hydrogen) atoms. The third-order valence-corrected chi connectivity index (χ3v) is 7.52.